The minimum atomic E-state index is -0.400. The smallest absolute Gasteiger partial charge is 0.498 e. The molecule has 0 amide bonds. The van der Waals surface area contributed by atoms with Gasteiger partial charge in [0.2, 0.25) is 0 Å². The van der Waals surface area contributed by atoms with Gasteiger partial charge in [-0.25, -0.2) is 0 Å². The highest BCUT2D eigenvalue weighted by Crippen LogP contribution is 2.36. The summed E-state index contributed by atoms with van der Waals surface area (Å²) >= 11 is 0. The van der Waals surface area contributed by atoms with Crippen LogP contribution >= 0.6 is 0 Å². The van der Waals surface area contributed by atoms with E-state index in [1.807, 2.05) is 50.7 Å². The van der Waals surface area contributed by atoms with Gasteiger partial charge in [-0.2, -0.15) is 5.10 Å². The fourth-order valence-electron chi connectivity index (χ4n) is 2.41. The molecule has 0 spiro atoms. The first-order chi connectivity index (χ1) is 10.3. The molecule has 22 heavy (non-hydrogen) atoms. The van der Waals surface area contributed by atoms with Gasteiger partial charge in [0.25, 0.3) is 0 Å². The summed E-state index contributed by atoms with van der Waals surface area (Å²) in [6.45, 7) is 8.72. The molecule has 1 saturated heterocycles. The molecule has 5 nitrogen and oxygen atoms in total. The summed E-state index contributed by atoms with van der Waals surface area (Å²) in [5, 5.41) is 13.9. The second-order valence-electron chi connectivity index (χ2n) is 6.73. The fourth-order valence-corrected chi connectivity index (χ4v) is 2.41. The van der Waals surface area contributed by atoms with Crippen LogP contribution in [0.5, 0.6) is 5.75 Å². The first kappa shape index (κ1) is 15.1. The van der Waals surface area contributed by atoms with Crippen molar-refractivity contribution in [2.75, 3.05) is 0 Å². The van der Waals surface area contributed by atoms with Crippen LogP contribution in [0.3, 0.4) is 0 Å². The van der Waals surface area contributed by atoms with Crippen molar-refractivity contribution in [3.05, 3.63) is 42.2 Å². The van der Waals surface area contributed by atoms with E-state index in [-0.39, 0.29) is 17.0 Å². The van der Waals surface area contributed by atoms with Gasteiger partial charge in [0.1, 0.15) is 5.75 Å². The molecule has 1 aromatic heterocycles. The lowest BCUT2D eigenvalue weighted by molar-refractivity contribution is 0.00578. The van der Waals surface area contributed by atoms with Crippen LogP contribution in [0, 0.1) is 0 Å². The molecule has 3 rings (SSSR count). The molecule has 1 N–H and O–H groups in total. The van der Waals surface area contributed by atoms with Gasteiger partial charge in [-0.15, -0.1) is 0 Å². The van der Waals surface area contributed by atoms with Crippen molar-refractivity contribution < 1.29 is 14.4 Å². The maximum atomic E-state index is 9.51. The van der Waals surface area contributed by atoms with E-state index in [4.69, 9.17) is 9.31 Å². The Kier molecular flexibility index (Phi) is 3.53. The third kappa shape index (κ3) is 2.76. The minimum absolute atomic E-state index is 0.260. The monoisotopic (exact) mass is 300 g/mol. The molecular formula is C16H21BN2O3. The number of rotatable bonds is 3. The van der Waals surface area contributed by atoms with Crippen molar-refractivity contribution >= 4 is 12.6 Å². The normalized spacial score (nSPS) is 19.5. The van der Waals surface area contributed by atoms with Crippen LogP contribution in [-0.4, -0.2) is 33.2 Å². The number of hydrogen-bond acceptors (Lipinski definition) is 4. The lowest BCUT2D eigenvalue weighted by atomic mass is 9.82. The van der Waals surface area contributed by atoms with E-state index >= 15 is 0 Å². The Labute approximate surface area is 131 Å². The quantitative estimate of drug-likeness (QED) is 0.880. The molecule has 1 aliphatic rings. The Hall–Kier alpha value is -1.79. The van der Waals surface area contributed by atoms with E-state index in [1.165, 1.54) is 0 Å². The Morgan fingerprint density at radius 2 is 1.86 bits per heavy atom. The Balaban J connectivity index is 1.75. The van der Waals surface area contributed by atoms with Crippen molar-refractivity contribution in [1.82, 2.24) is 9.78 Å². The van der Waals surface area contributed by atoms with Crippen LogP contribution < -0.4 is 5.46 Å². The van der Waals surface area contributed by atoms with Crippen LogP contribution in [0.4, 0.5) is 0 Å². The van der Waals surface area contributed by atoms with Crippen LogP contribution in [-0.2, 0) is 15.9 Å². The van der Waals surface area contributed by atoms with Crippen LogP contribution in [0.25, 0.3) is 0 Å². The SMILES string of the molecule is CC1(C)OB(c2cnn(Cc3cccc(O)c3)c2)OC1(C)C. The highest BCUT2D eigenvalue weighted by molar-refractivity contribution is 6.61. The third-order valence-corrected chi connectivity index (χ3v) is 4.43. The lowest BCUT2D eigenvalue weighted by Crippen LogP contribution is -2.41. The summed E-state index contributed by atoms with van der Waals surface area (Å²) < 4.78 is 13.8. The molecule has 0 aliphatic carbocycles. The number of benzene rings is 1. The summed E-state index contributed by atoms with van der Waals surface area (Å²) in [7, 11) is -0.400. The molecule has 1 fully saturated rings. The molecule has 116 valence electrons. The number of aromatic hydroxyl groups is 1. The maximum absolute atomic E-state index is 9.51. The van der Waals surface area contributed by atoms with Crippen molar-refractivity contribution in [2.45, 2.75) is 45.4 Å². The molecular weight excluding hydrogens is 279 g/mol. The van der Waals surface area contributed by atoms with Gasteiger partial charge >= 0.3 is 7.12 Å². The van der Waals surface area contributed by atoms with Crippen molar-refractivity contribution in [2.24, 2.45) is 0 Å². The number of hydrogen-bond donors (Lipinski definition) is 1. The van der Waals surface area contributed by atoms with E-state index in [0.717, 1.165) is 11.0 Å². The molecule has 0 atom stereocenters. The van der Waals surface area contributed by atoms with Gasteiger partial charge in [-0.3, -0.25) is 4.68 Å². The predicted molar refractivity (Wildman–Crippen MR) is 85.2 cm³/mol. The largest absolute Gasteiger partial charge is 0.508 e. The van der Waals surface area contributed by atoms with Crippen molar-refractivity contribution in [1.29, 1.82) is 0 Å². The summed E-state index contributed by atoms with van der Waals surface area (Å²) in [6, 6.07) is 7.16. The standard InChI is InChI=1S/C16H21BN2O3/c1-15(2)16(3,4)22-17(21-15)13-9-18-19(11-13)10-12-6-5-7-14(20)8-12/h5-9,11,20H,10H2,1-4H3. The Bertz CT molecular complexity index is 666. The second kappa shape index (κ2) is 5.14. The van der Waals surface area contributed by atoms with Crippen molar-refractivity contribution in [3.63, 3.8) is 0 Å². The van der Waals surface area contributed by atoms with Crippen LogP contribution in [0.2, 0.25) is 0 Å². The molecule has 1 aliphatic heterocycles. The molecule has 0 radical (unpaired) electrons. The lowest BCUT2D eigenvalue weighted by Gasteiger charge is -2.32. The van der Waals surface area contributed by atoms with Gasteiger partial charge in [-0.05, 0) is 45.4 Å². The van der Waals surface area contributed by atoms with E-state index in [0.29, 0.717) is 6.54 Å². The average Bonchev–Trinajstić information content (AvgIpc) is 2.93. The number of aromatic nitrogens is 2. The Morgan fingerprint density at radius 1 is 1.18 bits per heavy atom. The van der Waals surface area contributed by atoms with Gasteiger partial charge in [-0.1, -0.05) is 12.1 Å². The van der Waals surface area contributed by atoms with Crippen LogP contribution in [0.1, 0.15) is 33.3 Å². The predicted octanol–water partition coefficient (Wildman–Crippen LogP) is 1.94. The number of nitrogens with zero attached hydrogens (tertiary/aromatic N) is 2. The number of phenolic OH excluding ortho intramolecular Hbond substituents is 1. The molecule has 2 aromatic rings. The van der Waals surface area contributed by atoms with E-state index in [2.05, 4.69) is 5.10 Å². The van der Waals surface area contributed by atoms with E-state index in [1.54, 1.807) is 18.3 Å². The van der Waals surface area contributed by atoms with Gasteiger partial charge in [0, 0.05) is 17.9 Å². The third-order valence-electron chi connectivity index (χ3n) is 4.43. The van der Waals surface area contributed by atoms with E-state index < -0.39 is 7.12 Å². The van der Waals surface area contributed by atoms with E-state index in [9.17, 15) is 5.11 Å². The topological polar surface area (TPSA) is 56.5 Å². The van der Waals surface area contributed by atoms with Crippen molar-refractivity contribution in [3.8, 4) is 5.75 Å². The first-order valence-electron chi connectivity index (χ1n) is 7.43. The summed E-state index contributed by atoms with van der Waals surface area (Å²) in [5.41, 5.74) is 1.18. The molecule has 1 aromatic carbocycles. The summed E-state index contributed by atoms with van der Waals surface area (Å²) in [4.78, 5) is 0. The zero-order valence-corrected chi connectivity index (χ0v) is 13.4. The molecule has 2 heterocycles. The first-order valence-corrected chi connectivity index (χ1v) is 7.43. The molecule has 0 bridgehead atoms. The highest BCUT2D eigenvalue weighted by atomic mass is 16.7. The number of phenols is 1. The molecule has 0 saturated carbocycles. The Morgan fingerprint density at radius 3 is 2.50 bits per heavy atom. The average molecular weight is 300 g/mol. The summed E-state index contributed by atoms with van der Waals surface area (Å²) in [5.74, 6) is 0.260. The maximum Gasteiger partial charge on any atom is 0.498 e. The van der Waals surface area contributed by atoms with Gasteiger partial charge in [0.15, 0.2) is 0 Å². The highest BCUT2D eigenvalue weighted by Gasteiger charge is 2.52. The zero-order chi connectivity index (χ0) is 16.0. The zero-order valence-electron chi connectivity index (χ0n) is 13.4. The molecule has 0 unspecified atom stereocenters. The molecule has 6 heteroatoms. The second-order valence-corrected chi connectivity index (χ2v) is 6.73. The van der Waals surface area contributed by atoms with Gasteiger partial charge < -0.3 is 14.4 Å². The van der Waals surface area contributed by atoms with Gasteiger partial charge in [0.05, 0.1) is 17.7 Å². The van der Waals surface area contributed by atoms with Crippen LogP contribution in [0.15, 0.2) is 36.7 Å². The minimum Gasteiger partial charge on any atom is -0.508 e. The summed E-state index contributed by atoms with van der Waals surface area (Å²) in [6.07, 6.45) is 3.69. The fraction of sp³-hybridized carbons (Fsp3) is 0.438.